The molecule has 2 N–H and O–H groups in total. The van der Waals surface area contributed by atoms with Crippen LogP contribution in [0.5, 0.6) is 0 Å². The molecule has 1 aliphatic heterocycles. The van der Waals surface area contributed by atoms with E-state index < -0.39 is 17.9 Å². The highest BCUT2D eigenvalue weighted by atomic mass is 19.4. The summed E-state index contributed by atoms with van der Waals surface area (Å²) in [6.45, 7) is 4.19. The number of aromatic nitrogens is 2. The second kappa shape index (κ2) is 7.65. The van der Waals surface area contributed by atoms with Crippen LogP contribution in [0.4, 0.5) is 18.9 Å². The van der Waals surface area contributed by atoms with Crippen molar-refractivity contribution in [2.45, 2.75) is 39.4 Å². The Morgan fingerprint density at radius 1 is 1.32 bits per heavy atom. The number of imidazole rings is 1. The second-order valence-corrected chi connectivity index (χ2v) is 6.79. The van der Waals surface area contributed by atoms with E-state index in [4.69, 9.17) is 0 Å². The van der Waals surface area contributed by atoms with Crippen LogP contribution in [0.1, 0.15) is 40.8 Å². The zero-order chi connectivity index (χ0) is 20.5. The fourth-order valence-corrected chi connectivity index (χ4v) is 3.31. The molecule has 1 atom stereocenters. The lowest BCUT2D eigenvalue weighted by molar-refractivity contribution is -0.147. The molecule has 2 heterocycles. The summed E-state index contributed by atoms with van der Waals surface area (Å²) in [5.41, 5.74) is 2.14. The van der Waals surface area contributed by atoms with Crippen molar-refractivity contribution in [1.82, 2.24) is 14.9 Å². The van der Waals surface area contributed by atoms with Crippen LogP contribution in [0.25, 0.3) is 0 Å². The zero-order valence-corrected chi connectivity index (χ0v) is 15.6. The summed E-state index contributed by atoms with van der Waals surface area (Å²) in [6.07, 6.45) is -2.86. The van der Waals surface area contributed by atoms with E-state index in [9.17, 15) is 22.8 Å². The van der Waals surface area contributed by atoms with E-state index >= 15 is 0 Å². The highest BCUT2D eigenvalue weighted by molar-refractivity contribution is 5.98. The largest absolute Gasteiger partial charge is 0.449 e. The van der Waals surface area contributed by atoms with Crippen LogP contribution in [0.3, 0.4) is 0 Å². The van der Waals surface area contributed by atoms with Crippen LogP contribution in [-0.4, -0.2) is 27.9 Å². The maximum atomic E-state index is 13.0. The van der Waals surface area contributed by atoms with Crippen molar-refractivity contribution in [1.29, 1.82) is 0 Å². The number of fused-ring (bicyclic) bond motifs is 1. The first kappa shape index (κ1) is 19.9. The van der Waals surface area contributed by atoms with Gasteiger partial charge in [-0.05, 0) is 38.0 Å². The molecule has 2 amide bonds. The highest BCUT2D eigenvalue weighted by Gasteiger charge is 2.39. The molecule has 28 heavy (non-hydrogen) atoms. The molecule has 6 nitrogen and oxygen atoms in total. The molecule has 150 valence electrons. The number of benzene rings is 1. The first-order valence-electron chi connectivity index (χ1n) is 9.02. The summed E-state index contributed by atoms with van der Waals surface area (Å²) in [5.74, 6) is -1.90. The minimum absolute atomic E-state index is 0.0835. The third-order valence-electron chi connectivity index (χ3n) is 4.81. The molecule has 9 heteroatoms. The Kier molecular flexibility index (Phi) is 5.44. The number of carbonyl (C=O) groups excluding carboxylic acids is 2. The molecule has 0 spiro atoms. The van der Waals surface area contributed by atoms with Gasteiger partial charge in [0.1, 0.15) is 0 Å². The Morgan fingerprint density at radius 2 is 2.07 bits per heavy atom. The molecular formula is C19H21F3N4O2. The monoisotopic (exact) mass is 394 g/mol. The van der Waals surface area contributed by atoms with Crippen molar-refractivity contribution in [2.75, 3.05) is 11.9 Å². The summed E-state index contributed by atoms with van der Waals surface area (Å²) < 4.78 is 40.0. The number of anilines is 1. The van der Waals surface area contributed by atoms with Gasteiger partial charge in [-0.3, -0.25) is 9.59 Å². The van der Waals surface area contributed by atoms with Gasteiger partial charge < -0.3 is 15.2 Å². The zero-order valence-electron chi connectivity index (χ0n) is 15.6. The lowest BCUT2D eigenvalue weighted by Gasteiger charge is -2.25. The van der Waals surface area contributed by atoms with E-state index in [-0.39, 0.29) is 31.2 Å². The Balaban J connectivity index is 1.73. The van der Waals surface area contributed by atoms with Crippen molar-refractivity contribution in [3.8, 4) is 0 Å². The molecule has 0 aliphatic carbocycles. The molecule has 1 aromatic carbocycles. The van der Waals surface area contributed by atoms with Gasteiger partial charge in [0.05, 0.1) is 0 Å². The topological polar surface area (TPSA) is 76.0 Å². The lowest BCUT2D eigenvalue weighted by Crippen LogP contribution is -2.31. The number of carbonyl (C=O) groups is 2. The maximum Gasteiger partial charge on any atom is 0.449 e. The van der Waals surface area contributed by atoms with Crippen molar-refractivity contribution >= 4 is 17.5 Å². The molecule has 0 fully saturated rings. The molecule has 3 rings (SSSR count). The predicted octanol–water partition coefficient (Wildman–Crippen LogP) is 3.16. The third-order valence-corrected chi connectivity index (χ3v) is 4.81. The second-order valence-electron chi connectivity index (χ2n) is 6.79. The Morgan fingerprint density at radius 3 is 2.75 bits per heavy atom. The van der Waals surface area contributed by atoms with Gasteiger partial charge in [0.15, 0.2) is 0 Å². The fourth-order valence-electron chi connectivity index (χ4n) is 3.31. The van der Waals surface area contributed by atoms with E-state index in [2.05, 4.69) is 15.6 Å². The average Bonchev–Trinajstić information content (AvgIpc) is 3.07. The smallest absolute Gasteiger partial charge is 0.352 e. The van der Waals surface area contributed by atoms with Gasteiger partial charge in [0, 0.05) is 48.6 Å². The molecule has 0 unspecified atom stereocenters. The Hall–Kier alpha value is -2.84. The van der Waals surface area contributed by atoms with Crippen molar-refractivity contribution < 1.29 is 22.8 Å². The molecule has 0 saturated carbocycles. The van der Waals surface area contributed by atoms with Crippen molar-refractivity contribution in [3.63, 3.8) is 0 Å². The van der Waals surface area contributed by atoms with Crippen LogP contribution in [0.2, 0.25) is 0 Å². The first-order chi connectivity index (χ1) is 13.2. The summed E-state index contributed by atoms with van der Waals surface area (Å²) in [6, 6.07) is 5.02. The molecule has 1 aliphatic rings. The third kappa shape index (κ3) is 4.02. The van der Waals surface area contributed by atoms with E-state index in [1.807, 2.05) is 13.8 Å². The Labute approximate surface area is 160 Å². The predicted molar refractivity (Wildman–Crippen MR) is 96.9 cm³/mol. The minimum Gasteiger partial charge on any atom is -0.352 e. The number of rotatable bonds is 4. The van der Waals surface area contributed by atoms with E-state index in [1.165, 1.54) is 6.20 Å². The number of alkyl halides is 3. The lowest BCUT2D eigenvalue weighted by atomic mass is 9.95. The van der Waals surface area contributed by atoms with E-state index in [0.29, 0.717) is 23.5 Å². The van der Waals surface area contributed by atoms with Crippen molar-refractivity contribution in [3.05, 3.63) is 47.0 Å². The molecule has 1 aromatic heterocycles. The molecular weight excluding hydrogens is 373 g/mol. The van der Waals surface area contributed by atoms with Gasteiger partial charge >= 0.3 is 6.18 Å². The number of amides is 2. The van der Waals surface area contributed by atoms with E-state index in [1.54, 1.807) is 18.2 Å². The average molecular weight is 394 g/mol. The number of halogens is 3. The van der Waals surface area contributed by atoms with Crippen LogP contribution in [-0.2, 0) is 23.9 Å². The van der Waals surface area contributed by atoms with Gasteiger partial charge in [-0.2, -0.15) is 13.2 Å². The summed E-state index contributed by atoms with van der Waals surface area (Å²) >= 11 is 0. The summed E-state index contributed by atoms with van der Waals surface area (Å²) in [5, 5.41) is 5.51. The quantitative estimate of drug-likeness (QED) is 0.837. The first-order valence-corrected chi connectivity index (χ1v) is 9.02. The van der Waals surface area contributed by atoms with Gasteiger partial charge in [-0.25, -0.2) is 4.98 Å². The Bertz CT molecular complexity index is 905. The molecule has 2 aromatic rings. The normalized spacial score (nSPS) is 16.4. The van der Waals surface area contributed by atoms with Crippen LogP contribution in [0.15, 0.2) is 24.4 Å². The number of hydrogen-bond donors (Lipinski definition) is 2. The number of hydrogen-bond acceptors (Lipinski definition) is 3. The standard InChI is InChI=1S/C19H21F3N4O2/c1-3-23-16(27)12-5-4-11(2)15(9-12)25-17(28)13-6-7-26-14(8-13)10-24-18(26)19(20,21)22/h4-5,9-10,13H,3,6-8H2,1-2H3,(H,23,27)(H,25,28)/t13-/m0/s1. The van der Waals surface area contributed by atoms with Crippen molar-refractivity contribution in [2.24, 2.45) is 5.92 Å². The number of nitrogens with zero attached hydrogens (tertiary/aromatic N) is 2. The summed E-state index contributed by atoms with van der Waals surface area (Å²) in [7, 11) is 0. The molecule has 0 saturated heterocycles. The van der Waals surface area contributed by atoms with E-state index in [0.717, 1.165) is 10.1 Å². The van der Waals surface area contributed by atoms with Gasteiger partial charge in [-0.15, -0.1) is 0 Å². The van der Waals surface area contributed by atoms with Crippen LogP contribution < -0.4 is 10.6 Å². The van der Waals surface area contributed by atoms with Gasteiger partial charge in [-0.1, -0.05) is 6.07 Å². The minimum atomic E-state index is -4.51. The van der Waals surface area contributed by atoms with Crippen LogP contribution in [0, 0.1) is 12.8 Å². The summed E-state index contributed by atoms with van der Waals surface area (Å²) in [4.78, 5) is 28.1. The van der Waals surface area contributed by atoms with Gasteiger partial charge in [0.25, 0.3) is 5.91 Å². The molecule has 0 radical (unpaired) electrons. The van der Waals surface area contributed by atoms with Crippen LogP contribution >= 0.6 is 0 Å². The maximum absolute atomic E-state index is 13.0. The molecule has 0 bridgehead atoms. The SMILES string of the molecule is CCNC(=O)c1ccc(C)c(NC(=O)[C@H]2CCn3c(cnc3C(F)(F)F)C2)c1. The fraction of sp³-hybridized carbons (Fsp3) is 0.421. The number of aryl methyl sites for hydroxylation is 1. The van der Waals surface area contributed by atoms with Gasteiger partial charge in [0.2, 0.25) is 11.7 Å². The number of nitrogens with one attached hydrogen (secondary N) is 2. The highest BCUT2D eigenvalue weighted by Crippen LogP contribution is 2.32.